The third kappa shape index (κ3) is 3.09. The first-order chi connectivity index (χ1) is 9.33. The van der Waals surface area contributed by atoms with E-state index in [1.807, 2.05) is 0 Å². The monoisotopic (exact) mass is 256 g/mol. The van der Waals surface area contributed by atoms with Gasteiger partial charge in [-0.15, -0.1) is 0 Å². The molecule has 0 spiro atoms. The van der Waals surface area contributed by atoms with Gasteiger partial charge in [-0.3, -0.25) is 0 Å². The van der Waals surface area contributed by atoms with E-state index < -0.39 is 0 Å². The van der Waals surface area contributed by atoms with Crippen molar-refractivity contribution in [1.82, 2.24) is 0 Å². The van der Waals surface area contributed by atoms with E-state index >= 15 is 0 Å². The summed E-state index contributed by atoms with van der Waals surface area (Å²) in [5.41, 5.74) is 3.99. The molecule has 1 N–H and O–H groups in total. The Morgan fingerprint density at radius 1 is 1.16 bits per heavy atom. The minimum absolute atomic E-state index is 0.315. The van der Waals surface area contributed by atoms with Gasteiger partial charge in [-0.1, -0.05) is 42.3 Å². The van der Waals surface area contributed by atoms with Gasteiger partial charge in [0.05, 0.1) is 6.10 Å². The number of hydrogen-bond acceptors (Lipinski definition) is 1. The molecule has 1 heteroatoms. The summed E-state index contributed by atoms with van der Waals surface area (Å²) in [6.07, 6.45) is 11.8. The molecular weight excluding hydrogens is 232 g/mol. The van der Waals surface area contributed by atoms with Crippen LogP contribution in [0.3, 0.4) is 0 Å². The van der Waals surface area contributed by atoms with Crippen molar-refractivity contribution >= 4 is 0 Å². The van der Waals surface area contributed by atoms with E-state index in [0.717, 1.165) is 17.9 Å². The van der Waals surface area contributed by atoms with Crippen molar-refractivity contribution in [2.75, 3.05) is 0 Å². The second-order valence-corrected chi connectivity index (χ2v) is 6.13. The van der Waals surface area contributed by atoms with Crippen LogP contribution in [0.1, 0.15) is 74.5 Å². The fourth-order valence-corrected chi connectivity index (χ4v) is 3.22. The lowest BCUT2D eigenvalue weighted by Gasteiger charge is -2.26. The van der Waals surface area contributed by atoms with Crippen molar-refractivity contribution < 1.29 is 5.11 Å². The predicted molar refractivity (Wildman–Crippen MR) is 79.2 cm³/mol. The molecule has 1 unspecified atom stereocenters. The molecule has 0 saturated heterocycles. The Balaban J connectivity index is 1.68. The van der Waals surface area contributed by atoms with Gasteiger partial charge in [-0.25, -0.2) is 0 Å². The van der Waals surface area contributed by atoms with E-state index in [1.54, 1.807) is 0 Å². The van der Waals surface area contributed by atoms with Crippen molar-refractivity contribution in [3.8, 4) is 0 Å². The highest BCUT2D eigenvalue weighted by Gasteiger charge is 2.20. The molecule has 102 valence electrons. The molecule has 1 aromatic rings. The molecule has 1 atom stereocenters. The Kier molecular flexibility index (Phi) is 4.03. The van der Waals surface area contributed by atoms with Crippen LogP contribution < -0.4 is 0 Å². The van der Waals surface area contributed by atoms with E-state index in [1.165, 1.54) is 56.1 Å². The normalized spacial score (nSPS) is 21.6. The fraction of sp³-hybridized carbons (Fsp3) is 0.556. The molecule has 0 amide bonds. The average molecular weight is 256 g/mol. The number of benzene rings is 1. The molecule has 0 heterocycles. The molecular formula is C18H24O. The maximum Gasteiger partial charge on any atom is 0.0827 e. The summed E-state index contributed by atoms with van der Waals surface area (Å²) in [5, 5.41) is 10.4. The molecule has 0 bridgehead atoms. The Hall–Kier alpha value is -1.08. The Bertz CT molecular complexity index is 457. The quantitative estimate of drug-likeness (QED) is 0.761. The zero-order valence-electron chi connectivity index (χ0n) is 11.6. The Morgan fingerprint density at radius 2 is 2.05 bits per heavy atom. The minimum Gasteiger partial charge on any atom is -0.388 e. The number of allylic oxidation sites excluding steroid dienone is 1. The Labute approximate surface area is 116 Å². The van der Waals surface area contributed by atoms with Gasteiger partial charge >= 0.3 is 0 Å². The topological polar surface area (TPSA) is 20.2 Å². The van der Waals surface area contributed by atoms with E-state index in [0.29, 0.717) is 0 Å². The van der Waals surface area contributed by atoms with Gasteiger partial charge in [0.25, 0.3) is 0 Å². The van der Waals surface area contributed by atoms with Gasteiger partial charge in [-0.2, -0.15) is 0 Å². The second-order valence-electron chi connectivity index (χ2n) is 6.13. The highest BCUT2D eigenvalue weighted by Crippen LogP contribution is 2.37. The van der Waals surface area contributed by atoms with Crippen LogP contribution >= 0.6 is 0 Å². The second kappa shape index (κ2) is 5.92. The largest absolute Gasteiger partial charge is 0.388 e. The van der Waals surface area contributed by atoms with Gasteiger partial charge in [0.2, 0.25) is 0 Å². The predicted octanol–water partition coefficient (Wildman–Crippen LogP) is 4.88. The summed E-state index contributed by atoms with van der Waals surface area (Å²) in [4.78, 5) is 0. The van der Waals surface area contributed by atoms with Crippen molar-refractivity contribution in [1.29, 1.82) is 0 Å². The molecule has 2 aliphatic rings. The van der Waals surface area contributed by atoms with Crippen molar-refractivity contribution in [2.45, 2.75) is 63.4 Å². The number of rotatable bonds is 4. The molecule has 1 fully saturated rings. The first-order valence-corrected chi connectivity index (χ1v) is 7.79. The lowest BCUT2D eigenvalue weighted by Crippen LogP contribution is -2.09. The summed E-state index contributed by atoms with van der Waals surface area (Å²) in [7, 11) is 0. The zero-order chi connectivity index (χ0) is 13.1. The summed E-state index contributed by atoms with van der Waals surface area (Å²) in [5.74, 6) is 0.751. The summed E-state index contributed by atoms with van der Waals surface area (Å²) >= 11 is 0. The highest BCUT2D eigenvalue weighted by atomic mass is 16.3. The van der Waals surface area contributed by atoms with Crippen LogP contribution in [0.4, 0.5) is 0 Å². The average Bonchev–Trinajstić information content (AvgIpc) is 2.38. The van der Waals surface area contributed by atoms with Crippen LogP contribution in [0.5, 0.6) is 0 Å². The SMILES string of the molecule is OC(CC1=CCCCC1)c1cccc(C2CCC2)c1. The van der Waals surface area contributed by atoms with Crippen LogP contribution in [0.2, 0.25) is 0 Å². The standard InChI is InChI=1S/C18H24O/c19-18(12-14-6-2-1-3-7-14)17-11-5-10-16(13-17)15-8-4-9-15/h5-6,10-11,13,15,18-19H,1-4,7-9,12H2. The van der Waals surface area contributed by atoms with E-state index in [4.69, 9.17) is 0 Å². The van der Waals surface area contributed by atoms with Gasteiger partial charge in [0, 0.05) is 0 Å². The zero-order valence-corrected chi connectivity index (χ0v) is 11.6. The Morgan fingerprint density at radius 3 is 2.74 bits per heavy atom. The summed E-state index contributed by atoms with van der Waals surface area (Å²) < 4.78 is 0. The van der Waals surface area contributed by atoms with E-state index in [-0.39, 0.29) is 6.10 Å². The van der Waals surface area contributed by atoms with Gasteiger partial charge in [-0.05, 0) is 62.0 Å². The van der Waals surface area contributed by atoms with Crippen molar-refractivity contribution in [3.05, 3.63) is 47.0 Å². The highest BCUT2D eigenvalue weighted by molar-refractivity contribution is 5.29. The van der Waals surface area contributed by atoms with Gasteiger partial charge in [0.1, 0.15) is 0 Å². The van der Waals surface area contributed by atoms with Crippen LogP contribution in [0.15, 0.2) is 35.9 Å². The van der Waals surface area contributed by atoms with Gasteiger partial charge < -0.3 is 5.11 Å². The van der Waals surface area contributed by atoms with E-state index in [9.17, 15) is 5.11 Å². The molecule has 0 radical (unpaired) electrons. The molecule has 1 nitrogen and oxygen atoms in total. The maximum absolute atomic E-state index is 10.4. The van der Waals surface area contributed by atoms with Crippen LogP contribution in [0, 0.1) is 0 Å². The third-order valence-corrected chi connectivity index (χ3v) is 4.71. The molecule has 1 aromatic carbocycles. The smallest absolute Gasteiger partial charge is 0.0827 e. The van der Waals surface area contributed by atoms with Gasteiger partial charge in [0.15, 0.2) is 0 Å². The van der Waals surface area contributed by atoms with Crippen molar-refractivity contribution in [2.24, 2.45) is 0 Å². The summed E-state index contributed by atoms with van der Waals surface area (Å²) in [6, 6.07) is 8.65. The number of aliphatic hydroxyl groups is 1. The third-order valence-electron chi connectivity index (χ3n) is 4.71. The van der Waals surface area contributed by atoms with Crippen LogP contribution in [-0.4, -0.2) is 5.11 Å². The molecule has 0 aliphatic heterocycles. The fourth-order valence-electron chi connectivity index (χ4n) is 3.22. The number of hydrogen-bond donors (Lipinski definition) is 1. The molecule has 0 aromatic heterocycles. The van der Waals surface area contributed by atoms with E-state index in [2.05, 4.69) is 30.3 Å². The number of aliphatic hydroxyl groups excluding tert-OH is 1. The molecule has 1 saturated carbocycles. The van der Waals surface area contributed by atoms with Crippen LogP contribution in [0.25, 0.3) is 0 Å². The first kappa shape index (κ1) is 12.9. The maximum atomic E-state index is 10.4. The molecule has 19 heavy (non-hydrogen) atoms. The lowest BCUT2D eigenvalue weighted by molar-refractivity contribution is 0.176. The van der Waals surface area contributed by atoms with Crippen molar-refractivity contribution in [3.63, 3.8) is 0 Å². The molecule has 2 aliphatic carbocycles. The first-order valence-electron chi connectivity index (χ1n) is 7.79. The lowest BCUT2D eigenvalue weighted by atomic mass is 9.79. The minimum atomic E-state index is -0.315. The van der Waals surface area contributed by atoms with Crippen LogP contribution in [-0.2, 0) is 0 Å². The molecule has 3 rings (SSSR count). The summed E-state index contributed by atoms with van der Waals surface area (Å²) in [6.45, 7) is 0.